The molecule has 0 bridgehead atoms. The summed E-state index contributed by atoms with van der Waals surface area (Å²) >= 11 is 9.02. The van der Waals surface area contributed by atoms with Crippen molar-refractivity contribution in [2.75, 3.05) is 12.4 Å². The number of hydrogen-bond acceptors (Lipinski definition) is 3. The summed E-state index contributed by atoms with van der Waals surface area (Å²) in [5.41, 5.74) is 1.08. The first-order chi connectivity index (χ1) is 7.19. The first-order valence-corrected chi connectivity index (χ1v) is 5.65. The van der Waals surface area contributed by atoms with Crippen molar-refractivity contribution in [2.24, 2.45) is 0 Å². The molecule has 1 rings (SSSR count). The minimum absolute atomic E-state index is 0.151. The lowest BCUT2D eigenvalue weighted by atomic mass is 10.2. The summed E-state index contributed by atoms with van der Waals surface area (Å²) in [6, 6.07) is 1.64. The molecule has 0 N–H and O–H groups in total. The Labute approximate surface area is 101 Å². The number of ether oxygens (including phenoxy) is 1. The van der Waals surface area contributed by atoms with Crippen molar-refractivity contribution < 1.29 is 9.53 Å². The van der Waals surface area contributed by atoms with Gasteiger partial charge in [-0.2, -0.15) is 0 Å². The molecule has 1 aromatic heterocycles. The number of carbonyl (C=O) groups excluding carboxylic acids is 1. The van der Waals surface area contributed by atoms with Crippen molar-refractivity contribution in [3.63, 3.8) is 0 Å². The maximum atomic E-state index is 11.3. The highest BCUT2D eigenvalue weighted by Crippen LogP contribution is 2.16. The minimum Gasteiger partial charge on any atom is -0.465 e. The van der Waals surface area contributed by atoms with Crippen LogP contribution in [0, 0.1) is 0 Å². The van der Waals surface area contributed by atoms with E-state index >= 15 is 0 Å². The van der Waals surface area contributed by atoms with Crippen LogP contribution in [0.1, 0.15) is 15.9 Å². The van der Waals surface area contributed by atoms with E-state index in [1.165, 1.54) is 7.11 Å². The summed E-state index contributed by atoms with van der Waals surface area (Å²) in [4.78, 5) is 15.2. The van der Waals surface area contributed by atoms with E-state index in [1.807, 2.05) is 12.2 Å². The van der Waals surface area contributed by atoms with Crippen molar-refractivity contribution >= 4 is 39.6 Å². The normalized spacial score (nSPS) is 10.6. The van der Waals surface area contributed by atoms with Crippen LogP contribution in [-0.4, -0.2) is 23.4 Å². The molecule has 1 aromatic rings. The van der Waals surface area contributed by atoms with Crippen molar-refractivity contribution in [3.8, 4) is 0 Å². The van der Waals surface area contributed by atoms with Gasteiger partial charge in [0.05, 0.1) is 12.7 Å². The smallest absolute Gasteiger partial charge is 0.341 e. The number of halogens is 2. The molecule has 5 heteroatoms. The van der Waals surface area contributed by atoms with Crippen LogP contribution in [0.5, 0.6) is 0 Å². The van der Waals surface area contributed by atoms with Crippen LogP contribution in [-0.2, 0) is 4.74 Å². The van der Waals surface area contributed by atoms with Gasteiger partial charge in [0.1, 0.15) is 5.15 Å². The van der Waals surface area contributed by atoms with Crippen molar-refractivity contribution in [2.45, 2.75) is 0 Å². The molecule has 15 heavy (non-hydrogen) atoms. The Bertz CT molecular complexity index is 393. The van der Waals surface area contributed by atoms with Gasteiger partial charge < -0.3 is 4.74 Å². The molecule has 0 atom stereocenters. The van der Waals surface area contributed by atoms with Gasteiger partial charge in [-0.1, -0.05) is 39.7 Å². The van der Waals surface area contributed by atoms with E-state index in [4.69, 9.17) is 11.6 Å². The summed E-state index contributed by atoms with van der Waals surface area (Å²) in [7, 11) is 1.31. The topological polar surface area (TPSA) is 39.2 Å². The molecule has 1 heterocycles. The molecular formula is C10H9BrClNO2. The molecule has 0 spiro atoms. The van der Waals surface area contributed by atoms with Crippen LogP contribution in [0.25, 0.3) is 6.08 Å². The molecular weight excluding hydrogens is 281 g/mol. The largest absolute Gasteiger partial charge is 0.465 e. The summed E-state index contributed by atoms with van der Waals surface area (Å²) in [6.07, 6.45) is 5.32. The molecule has 0 amide bonds. The Balaban J connectivity index is 3.05. The number of carbonyl (C=O) groups is 1. The van der Waals surface area contributed by atoms with Crippen LogP contribution < -0.4 is 0 Å². The molecule has 0 aliphatic heterocycles. The summed E-state index contributed by atoms with van der Waals surface area (Å²) in [5, 5.41) is 0.890. The number of aromatic nitrogens is 1. The molecule has 0 saturated carbocycles. The fourth-order valence-corrected chi connectivity index (χ4v) is 1.36. The monoisotopic (exact) mass is 289 g/mol. The maximum absolute atomic E-state index is 11.3. The highest BCUT2D eigenvalue weighted by atomic mass is 79.9. The molecule has 0 aliphatic carbocycles. The first-order valence-electron chi connectivity index (χ1n) is 4.15. The number of nitrogens with zero attached hydrogens (tertiary/aromatic N) is 1. The van der Waals surface area contributed by atoms with E-state index in [0.717, 1.165) is 10.9 Å². The zero-order valence-corrected chi connectivity index (χ0v) is 10.4. The van der Waals surface area contributed by atoms with Gasteiger partial charge in [-0.25, -0.2) is 9.78 Å². The lowest BCUT2D eigenvalue weighted by Gasteiger charge is -2.02. The number of methoxy groups -OCH3 is 1. The zero-order valence-electron chi connectivity index (χ0n) is 8.04. The molecule has 0 unspecified atom stereocenters. The third-order valence-electron chi connectivity index (χ3n) is 1.66. The number of hydrogen-bond donors (Lipinski definition) is 0. The van der Waals surface area contributed by atoms with E-state index in [2.05, 4.69) is 25.7 Å². The lowest BCUT2D eigenvalue weighted by molar-refractivity contribution is 0.0600. The molecule has 0 aliphatic rings. The summed E-state index contributed by atoms with van der Waals surface area (Å²) in [5.74, 6) is -0.485. The van der Waals surface area contributed by atoms with E-state index < -0.39 is 5.97 Å². The third kappa shape index (κ3) is 3.32. The Morgan fingerprint density at radius 2 is 2.47 bits per heavy atom. The number of alkyl halides is 1. The second kappa shape index (κ2) is 5.88. The Hall–Kier alpha value is -0.870. The van der Waals surface area contributed by atoms with Gasteiger partial charge in [-0.3, -0.25) is 0 Å². The molecule has 0 aromatic carbocycles. The molecule has 0 fully saturated rings. The van der Waals surface area contributed by atoms with E-state index in [-0.39, 0.29) is 10.7 Å². The van der Waals surface area contributed by atoms with Crippen molar-refractivity contribution in [3.05, 3.63) is 34.6 Å². The highest BCUT2D eigenvalue weighted by molar-refractivity contribution is 9.09. The Kier molecular flexibility index (Phi) is 4.78. The fourth-order valence-electron chi connectivity index (χ4n) is 0.989. The van der Waals surface area contributed by atoms with E-state index in [1.54, 1.807) is 12.3 Å². The van der Waals surface area contributed by atoms with Gasteiger partial charge in [0, 0.05) is 11.5 Å². The first kappa shape index (κ1) is 12.2. The highest BCUT2D eigenvalue weighted by Gasteiger charge is 2.11. The lowest BCUT2D eigenvalue weighted by Crippen LogP contribution is -2.03. The zero-order chi connectivity index (χ0) is 11.3. The number of esters is 1. The van der Waals surface area contributed by atoms with Gasteiger partial charge >= 0.3 is 5.97 Å². The summed E-state index contributed by atoms with van der Waals surface area (Å²) in [6.45, 7) is 0. The average Bonchev–Trinajstić information content (AvgIpc) is 2.27. The third-order valence-corrected chi connectivity index (χ3v) is 2.34. The van der Waals surface area contributed by atoms with Crippen LogP contribution in [0.3, 0.4) is 0 Å². The van der Waals surface area contributed by atoms with Crippen molar-refractivity contribution in [1.82, 2.24) is 4.98 Å². The van der Waals surface area contributed by atoms with Crippen LogP contribution in [0.15, 0.2) is 18.3 Å². The summed E-state index contributed by atoms with van der Waals surface area (Å²) < 4.78 is 4.58. The van der Waals surface area contributed by atoms with Gasteiger partial charge in [0.25, 0.3) is 0 Å². The van der Waals surface area contributed by atoms with Gasteiger partial charge in [0.15, 0.2) is 0 Å². The minimum atomic E-state index is -0.485. The number of pyridine rings is 1. The second-order valence-corrected chi connectivity index (χ2v) is 3.66. The number of allylic oxidation sites excluding steroid dienone is 1. The molecule has 0 radical (unpaired) electrons. The molecule has 3 nitrogen and oxygen atoms in total. The Morgan fingerprint density at radius 1 is 1.73 bits per heavy atom. The van der Waals surface area contributed by atoms with Crippen LogP contribution in [0.4, 0.5) is 0 Å². The SMILES string of the molecule is COC(=O)c1cc(C=CCBr)cnc1Cl. The maximum Gasteiger partial charge on any atom is 0.341 e. The predicted octanol–water partition coefficient (Wildman–Crippen LogP) is 2.93. The van der Waals surface area contributed by atoms with Crippen molar-refractivity contribution in [1.29, 1.82) is 0 Å². The van der Waals surface area contributed by atoms with Gasteiger partial charge in [-0.05, 0) is 11.6 Å². The van der Waals surface area contributed by atoms with Crippen LogP contribution >= 0.6 is 27.5 Å². The fraction of sp³-hybridized carbons (Fsp3) is 0.200. The molecule has 80 valence electrons. The number of rotatable bonds is 3. The van der Waals surface area contributed by atoms with E-state index in [0.29, 0.717) is 0 Å². The van der Waals surface area contributed by atoms with Gasteiger partial charge in [-0.15, -0.1) is 0 Å². The van der Waals surface area contributed by atoms with Crippen LogP contribution in [0.2, 0.25) is 5.15 Å². The second-order valence-electron chi connectivity index (χ2n) is 2.66. The standard InChI is InChI=1S/C10H9BrClNO2/c1-15-10(14)8-5-7(3-2-4-11)6-13-9(8)12/h2-3,5-6H,4H2,1H3. The Morgan fingerprint density at radius 3 is 3.07 bits per heavy atom. The predicted molar refractivity (Wildman–Crippen MR) is 63.4 cm³/mol. The van der Waals surface area contributed by atoms with E-state index in [9.17, 15) is 4.79 Å². The average molecular weight is 291 g/mol. The molecule has 0 saturated heterocycles. The van der Waals surface area contributed by atoms with Gasteiger partial charge in [0.2, 0.25) is 0 Å². The quantitative estimate of drug-likeness (QED) is 0.488.